The van der Waals surface area contributed by atoms with Crippen LogP contribution < -0.4 is 14.8 Å². The van der Waals surface area contributed by atoms with E-state index in [9.17, 15) is 4.79 Å². The zero-order valence-electron chi connectivity index (χ0n) is 16.9. The Hall–Kier alpha value is -2.99. The van der Waals surface area contributed by atoms with Gasteiger partial charge in [-0.25, -0.2) is 0 Å². The SMILES string of the molecule is COc1cccc(C(CNC(=O)c2oc3ccc(OC)cc3c2C)N(C)C)c1. The molecule has 0 saturated carbocycles. The number of amides is 1. The first kappa shape index (κ1) is 19.8. The summed E-state index contributed by atoms with van der Waals surface area (Å²) in [6.45, 7) is 2.32. The lowest BCUT2D eigenvalue weighted by Gasteiger charge is -2.25. The average Bonchev–Trinajstić information content (AvgIpc) is 3.04. The lowest BCUT2D eigenvalue weighted by Crippen LogP contribution is -2.34. The molecule has 0 spiro atoms. The summed E-state index contributed by atoms with van der Waals surface area (Å²) in [4.78, 5) is 14.9. The van der Waals surface area contributed by atoms with Gasteiger partial charge in [0.2, 0.25) is 0 Å². The van der Waals surface area contributed by atoms with Crippen molar-refractivity contribution < 1.29 is 18.7 Å². The minimum absolute atomic E-state index is 0.00354. The number of aryl methyl sites for hydroxylation is 1. The van der Waals surface area contributed by atoms with Crippen molar-refractivity contribution >= 4 is 16.9 Å². The van der Waals surface area contributed by atoms with Crippen LogP contribution in [0.15, 0.2) is 46.9 Å². The Labute approximate surface area is 165 Å². The van der Waals surface area contributed by atoms with E-state index in [4.69, 9.17) is 13.9 Å². The number of nitrogens with one attached hydrogen (secondary N) is 1. The molecule has 0 bridgehead atoms. The van der Waals surface area contributed by atoms with Gasteiger partial charge in [-0.1, -0.05) is 12.1 Å². The smallest absolute Gasteiger partial charge is 0.287 e. The minimum atomic E-state index is -0.234. The van der Waals surface area contributed by atoms with Crippen LogP contribution in [0.1, 0.15) is 27.7 Å². The van der Waals surface area contributed by atoms with E-state index < -0.39 is 0 Å². The molecule has 148 valence electrons. The number of carbonyl (C=O) groups is 1. The van der Waals surface area contributed by atoms with Crippen molar-refractivity contribution in [2.24, 2.45) is 0 Å². The molecule has 1 N–H and O–H groups in total. The molecule has 0 radical (unpaired) electrons. The summed E-state index contributed by atoms with van der Waals surface area (Å²) in [5, 5.41) is 3.88. The summed E-state index contributed by atoms with van der Waals surface area (Å²) in [6.07, 6.45) is 0. The topological polar surface area (TPSA) is 63.9 Å². The molecule has 28 heavy (non-hydrogen) atoms. The van der Waals surface area contributed by atoms with Gasteiger partial charge in [0.05, 0.1) is 20.3 Å². The Balaban J connectivity index is 1.79. The highest BCUT2D eigenvalue weighted by molar-refractivity contribution is 5.99. The van der Waals surface area contributed by atoms with Gasteiger partial charge in [-0.2, -0.15) is 0 Å². The van der Waals surface area contributed by atoms with E-state index in [1.807, 2.05) is 63.5 Å². The molecule has 0 aliphatic carbocycles. The Morgan fingerprint density at radius 3 is 2.50 bits per heavy atom. The number of carbonyl (C=O) groups excluding carboxylic acids is 1. The number of hydrogen-bond acceptors (Lipinski definition) is 5. The van der Waals surface area contributed by atoms with Gasteiger partial charge in [0, 0.05) is 17.5 Å². The number of rotatable bonds is 7. The molecule has 2 aromatic carbocycles. The van der Waals surface area contributed by atoms with Crippen LogP contribution >= 0.6 is 0 Å². The number of nitrogens with zero attached hydrogens (tertiary/aromatic N) is 1. The summed E-state index contributed by atoms with van der Waals surface area (Å²) in [5.41, 5.74) is 2.53. The summed E-state index contributed by atoms with van der Waals surface area (Å²) < 4.78 is 16.4. The van der Waals surface area contributed by atoms with Crippen LogP contribution in [-0.4, -0.2) is 45.7 Å². The monoisotopic (exact) mass is 382 g/mol. The van der Waals surface area contributed by atoms with Gasteiger partial charge in [0.1, 0.15) is 17.1 Å². The number of ether oxygens (including phenoxy) is 2. The standard InChI is InChI=1S/C22H26N2O4/c1-14-18-12-17(27-5)9-10-20(18)28-21(14)22(25)23-13-19(24(2)3)15-7-6-8-16(11-15)26-4/h6-12,19H,13H2,1-5H3,(H,23,25). The van der Waals surface area contributed by atoms with Crippen LogP contribution in [0.25, 0.3) is 11.0 Å². The van der Waals surface area contributed by atoms with E-state index >= 15 is 0 Å². The van der Waals surface area contributed by atoms with E-state index in [1.165, 1.54) is 0 Å². The van der Waals surface area contributed by atoms with E-state index in [-0.39, 0.29) is 11.9 Å². The van der Waals surface area contributed by atoms with Crippen molar-refractivity contribution in [2.45, 2.75) is 13.0 Å². The van der Waals surface area contributed by atoms with E-state index in [0.29, 0.717) is 17.9 Å². The lowest BCUT2D eigenvalue weighted by atomic mass is 10.1. The first-order valence-corrected chi connectivity index (χ1v) is 9.10. The fraction of sp³-hybridized carbons (Fsp3) is 0.318. The van der Waals surface area contributed by atoms with Crippen molar-refractivity contribution in [2.75, 3.05) is 34.9 Å². The predicted octanol–water partition coefficient (Wildman–Crippen LogP) is 3.79. The number of furan rings is 1. The maximum absolute atomic E-state index is 12.8. The zero-order chi connectivity index (χ0) is 20.3. The normalized spacial score (nSPS) is 12.2. The second-order valence-electron chi connectivity index (χ2n) is 6.88. The number of methoxy groups -OCH3 is 2. The van der Waals surface area contributed by atoms with Crippen molar-refractivity contribution in [3.63, 3.8) is 0 Å². The number of likely N-dealkylation sites (N-methyl/N-ethyl adjacent to an activating group) is 1. The van der Waals surface area contributed by atoms with Crippen LogP contribution in [0.3, 0.4) is 0 Å². The molecule has 0 aliphatic heterocycles. The molecule has 0 aliphatic rings. The number of hydrogen-bond donors (Lipinski definition) is 1. The molecule has 1 aromatic heterocycles. The third-order valence-electron chi connectivity index (χ3n) is 4.91. The summed E-state index contributed by atoms with van der Waals surface area (Å²) in [6, 6.07) is 13.4. The van der Waals surface area contributed by atoms with Gasteiger partial charge in [-0.3, -0.25) is 4.79 Å². The fourth-order valence-corrected chi connectivity index (χ4v) is 3.26. The molecule has 1 atom stereocenters. The van der Waals surface area contributed by atoms with Crippen LogP contribution in [0.5, 0.6) is 11.5 Å². The van der Waals surface area contributed by atoms with Gasteiger partial charge in [0.15, 0.2) is 5.76 Å². The number of benzene rings is 2. The Morgan fingerprint density at radius 2 is 1.82 bits per heavy atom. The molecular weight excluding hydrogens is 356 g/mol. The van der Waals surface area contributed by atoms with E-state index in [1.54, 1.807) is 14.2 Å². The molecule has 1 heterocycles. The van der Waals surface area contributed by atoms with E-state index in [0.717, 1.165) is 28.0 Å². The van der Waals surface area contributed by atoms with E-state index in [2.05, 4.69) is 10.2 Å². The second-order valence-corrected chi connectivity index (χ2v) is 6.88. The fourth-order valence-electron chi connectivity index (χ4n) is 3.26. The lowest BCUT2D eigenvalue weighted by molar-refractivity contribution is 0.0915. The zero-order valence-corrected chi connectivity index (χ0v) is 16.9. The van der Waals surface area contributed by atoms with Crippen LogP contribution in [0, 0.1) is 6.92 Å². The van der Waals surface area contributed by atoms with Crippen molar-refractivity contribution in [1.29, 1.82) is 0 Å². The van der Waals surface area contributed by atoms with Crippen LogP contribution in [0.2, 0.25) is 0 Å². The first-order chi connectivity index (χ1) is 13.4. The van der Waals surface area contributed by atoms with Crippen LogP contribution in [0.4, 0.5) is 0 Å². The Kier molecular flexibility index (Phi) is 5.90. The first-order valence-electron chi connectivity index (χ1n) is 9.10. The van der Waals surface area contributed by atoms with Gasteiger partial charge < -0.3 is 24.1 Å². The molecule has 1 unspecified atom stereocenters. The molecule has 1 amide bonds. The van der Waals surface area contributed by atoms with Gasteiger partial charge in [-0.15, -0.1) is 0 Å². The summed E-state index contributed by atoms with van der Waals surface area (Å²) in [7, 11) is 7.22. The molecule has 0 fully saturated rings. The largest absolute Gasteiger partial charge is 0.497 e. The third kappa shape index (κ3) is 3.97. The molecule has 3 aromatic rings. The molecule has 6 heteroatoms. The molecule has 0 saturated heterocycles. The van der Waals surface area contributed by atoms with Crippen LogP contribution in [-0.2, 0) is 0 Å². The maximum Gasteiger partial charge on any atom is 0.287 e. The van der Waals surface area contributed by atoms with Crippen molar-refractivity contribution in [1.82, 2.24) is 10.2 Å². The number of fused-ring (bicyclic) bond motifs is 1. The highest BCUT2D eigenvalue weighted by atomic mass is 16.5. The van der Waals surface area contributed by atoms with Gasteiger partial charge in [0.25, 0.3) is 5.91 Å². The second kappa shape index (κ2) is 8.35. The quantitative estimate of drug-likeness (QED) is 0.674. The van der Waals surface area contributed by atoms with Crippen molar-refractivity contribution in [3.8, 4) is 11.5 Å². The Morgan fingerprint density at radius 1 is 1.11 bits per heavy atom. The minimum Gasteiger partial charge on any atom is -0.497 e. The third-order valence-corrected chi connectivity index (χ3v) is 4.91. The molecule has 3 rings (SSSR count). The summed E-state index contributed by atoms with van der Waals surface area (Å²) in [5.74, 6) is 1.61. The molecule has 6 nitrogen and oxygen atoms in total. The highest BCUT2D eigenvalue weighted by Gasteiger charge is 2.21. The predicted molar refractivity (Wildman–Crippen MR) is 109 cm³/mol. The van der Waals surface area contributed by atoms with Gasteiger partial charge in [-0.05, 0) is 56.9 Å². The van der Waals surface area contributed by atoms with Gasteiger partial charge >= 0.3 is 0 Å². The maximum atomic E-state index is 12.8. The molecular formula is C22H26N2O4. The Bertz CT molecular complexity index is 978. The van der Waals surface area contributed by atoms with Crippen molar-refractivity contribution in [3.05, 3.63) is 59.4 Å². The highest BCUT2D eigenvalue weighted by Crippen LogP contribution is 2.29. The summed E-state index contributed by atoms with van der Waals surface area (Å²) >= 11 is 0. The average molecular weight is 382 g/mol.